The molecule has 0 aliphatic carbocycles. The van der Waals surface area contributed by atoms with Gasteiger partial charge in [0, 0.05) is 7.05 Å². The fourth-order valence-corrected chi connectivity index (χ4v) is 2.74. The number of hydrogen-bond donors (Lipinski definition) is 2. The number of benzene rings is 1. The third-order valence-electron chi connectivity index (χ3n) is 3.42. The Balaban J connectivity index is 2.36. The lowest BCUT2D eigenvalue weighted by Crippen LogP contribution is -2.27. The van der Waals surface area contributed by atoms with Gasteiger partial charge in [-0.1, -0.05) is 22.8 Å². The summed E-state index contributed by atoms with van der Waals surface area (Å²) in [4.78, 5) is 17.3. The first-order valence-electron chi connectivity index (χ1n) is 6.13. The third kappa shape index (κ3) is 1.93. The van der Waals surface area contributed by atoms with Gasteiger partial charge < -0.3 is 15.8 Å². The number of nitrogens with zero attached hydrogens (tertiary/aromatic N) is 4. The summed E-state index contributed by atoms with van der Waals surface area (Å²) in [5, 5.41) is 13.1. The number of carbonyl (C=O) groups excluding carboxylic acids is 1. The molecule has 1 aromatic carbocycles. The molecule has 1 aliphatic heterocycles. The van der Waals surface area contributed by atoms with Crippen molar-refractivity contribution in [3.05, 3.63) is 46.5 Å². The van der Waals surface area contributed by atoms with Crippen LogP contribution in [0.1, 0.15) is 21.7 Å². The van der Waals surface area contributed by atoms with Gasteiger partial charge in [0.1, 0.15) is 6.33 Å². The Labute approximate surface area is 125 Å². The number of fused-ring (bicyclic) bond motifs is 3. The van der Waals surface area contributed by atoms with E-state index in [1.165, 1.54) is 6.33 Å². The van der Waals surface area contributed by atoms with Crippen LogP contribution in [0.5, 0.6) is 0 Å². The van der Waals surface area contributed by atoms with E-state index < -0.39 is 5.91 Å². The molecule has 2 heterocycles. The maximum atomic E-state index is 11.5. The summed E-state index contributed by atoms with van der Waals surface area (Å²) < 4.78 is 1.73. The Morgan fingerprint density at radius 3 is 2.95 bits per heavy atom. The summed E-state index contributed by atoms with van der Waals surface area (Å²) in [5.41, 5.74) is 7.40. The maximum absolute atomic E-state index is 11.5. The number of hydrogen-bond acceptors (Lipinski definition) is 4. The summed E-state index contributed by atoms with van der Waals surface area (Å²) in [7, 11) is 1.73. The van der Waals surface area contributed by atoms with Crippen LogP contribution in [-0.4, -0.2) is 38.4 Å². The Morgan fingerprint density at radius 1 is 1.52 bits per heavy atom. The molecule has 0 unspecified atom stereocenters. The number of halogens is 1. The van der Waals surface area contributed by atoms with E-state index in [1.807, 2.05) is 6.07 Å². The van der Waals surface area contributed by atoms with Gasteiger partial charge >= 0.3 is 0 Å². The molecule has 0 radical (unpaired) electrons. The number of oxime groups is 1. The van der Waals surface area contributed by atoms with Crippen LogP contribution in [0.25, 0.3) is 5.69 Å². The van der Waals surface area contributed by atoms with Gasteiger partial charge in [0.25, 0.3) is 5.91 Å². The molecular weight excluding hydrogens is 294 g/mol. The summed E-state index contributed by atoms with van der Waals surface area (Å²) in [6, 6.07) is 5.28. The second-order valence-corrected chi connectivity index (χ2v) is 5.09. The van der Waals surface area contributed by atoms with Crippen molar-refractivity contribution in [2.75, 3.05) is 7.05 Å². The molecule has 8 heteroatoms. The molecule has 0 fully saturated rings. The fourth-order valence-electron chi connectivity index (χ4n) is 2.49. The number of aromatic nitrogens is 2. The number of imidazole rings is 1. The minimum atomic E-state index is -0.606. The van der Waals surface area contributed by atoms with Crippen molar-refractivity contribution in [2.24, 2.45) is 10.9 Å². The molecule has 7 nitrogen and oxygen atoms in total. The van der Waals surface area contributed by atoms with Crippen LogP contribution in [0.3, 0.4) is 0 Å². The minimum Gasteiger partial charge on any atom is -0.409 e. The highest BCUT2D eigenvalue weighted by Crippen LogP contribution is 2.30. The van der Waals surface area contributed by atoms with E-state index in [2.05, 4.69) is 10.1 Å². The summed E-state index contributed by atoms with van der Waals surface area (Å²) >= 11 is 6.25. The highest BCUT2D eigenvalue weighted by molar-refractivity contribution is 6.34. The van der Waals surface area contributed by atoms with E-state index in [4.69, 9.17) is 17.3 Å². The van der Waals surface area contributed by atoms with Crippen LogP contribution in [0.15, 0.2) is 29.7 Å². The molecule has 3 rings (SSSR count). The average molecular weight is 306 g/mol. The number of rotatable bonds is 1. The van der Waals surface area contributed by atoms with Crippen LogP contribution >= 0.6 is 11.6 Å². The summed E-state index contributed by atoms with van der Waals surface area (Å²) in [5.74, 6) is -0.292. The van der Waals surface area contributed by atoms with Crippen LogP contribution in [0.2, 0.25) is 5.02 Å². The lowest BCUT2D eigenvalue weighted by molar-refractivity contribution is 0.0994. The first kappa shape index (κ1) is 13.4. The molecule has 108 valence electrons. The Hall–Kier alpha value is -2.54. The zero-order valence-corrected chi connectivity index (χ0v) is 11.9. The molecule has 0 spiro atoms. The summed E-state index contributed by atoms with van der Waals surface area (Å²) in [6.45, 7) is 0.308. The Bertz CT molecular complexity index is 768. The van der Waals surface area contributed by atoms with Crippen LogP contribution in [0.4, 0.5) is 0 Å². The van der Waals surface area contributed by atoms with Gasteiger partial charge in [0.15, 0.2) is 11.5 Å². The van der Waals surface area contributed by atoms with Crippen molar-refractivity contribution in [2.45, 2.75) is 6.54 Å². The largest absolute Gasteiger partial charge is 0.409 e. The molecule has 1 amide bonds. The highest BCUT2D eigenvalue weighted by atomic mass is 35.5. The van der Waals surface area contributed by atoms with Gasteiger partial charge in [-0.15, -0.1) is 0 Å². The first-order chi connectivity index (χ1) is 10.0. The zero-order valence-electron chi connectivity index (χ0n) is 11.1. The number of carbonyl (C=O) groups is 1. The normalized spacial score (nSPS) is 15.5. The third-order valence-corrected chi connectivity index (χ3v) is 3.73. The van der Waals surface area contributed by atoms with Crippen molar-refractivity contribution in [1.29, 1.82) is 0 Å². The fraction of sp³-hybridized carbons (Fsp3) is 0.154. The van der Waals surface area contributed by atoms with Gasteiger partial charge in [-0.2, -0.15) is 0 Å². The van der Waals surface area contributed by atoms with E-state index in [0.29, 0.717) is 34.3 Å². The number of primary amides is 1. The van der Waals surface area contributed by atoms with Gasteiger partial charge in [-0.25, -0.2) is 4.98 Å². The molecule has 3 N–H and O–H groups in total. The molecule has 21 heavy (non-hydrogen) atoms. The second kappa shape index (κ2) is 4.78. The number of amidine groups is 1. The lowest BCUT2D eigenvalue weighted by atomic mass is 10.1. The van der Waals surface area contributed by atoms with Crippen LogP contribution < -0.4 is 5.73 Å². The molecular formula is C13H12ClN5O2. The van der Waals surface area contributed by atoms with E-state index in [-0.39, 0.29) is 5.69 Å². The lowest BCUT2D eigenvalue weighted by Gasteiger charge is -2.18. The Kier molecular flexibility index (Phi) is 3.06. The molecule has 0 bridgehead atoms. The van der Waals surface area contributed by atoms with Gasteiger partial charge in [0.2, 0.25) is 0 Å². The van der Waals surface area contributed by atoms with E-state index in [0.717, 1.165) is 0 Å². The molecule has 1 aliphatic rings. The van der Waals surface area contributed by atoms with Crippen molar-refractivity contribution >= 4 is 23.3 Å². The molecule has 0 atom stereocenters. The quantitative estimate of drug-likeness (QED) is 0.611. The van der Waals surface area contributed by atoms with Crippen LogP contribution in [0, 0.1) is 0 Å². The van der Waals surface area contributed by atoms with Crippen molar-refractivity contribution < 1.29 is 10.0 Å². The predicted octanol–water partition coefficient (Wildman–Crippen LogP) is 1.21. The maximum Gasteiger partial charge on any atom is 0.269 e. The molecule has 2 aromatic rings. The van der Waals surface area contributed by atoms with Crippen LogP contribution in [-0.2, 0) is 6.54 Å². The summed E-state index contributed by atoms with van der Waals surface area (Å²) in [6.07, 6.45) is 1.51. The zero-order chi connectivity index (χ0) is 15.1. The molecule has 0 saturated carbocycles. The molecule has 0 saturated heterocycles. The molecule has 1 aromatic heterocycles. The first-order valence-corrected chi connectivity index (χ1v) is 6.51. The predicted molar refractivity (Wildman–Crippen MR) is 76.9 cm³/mol. The van der Waals surface area contributed by atoms with E-state index in [9.17, 15) is 10.0 Å². The van der Waals surface area contributed by atoms with E-state index >= 15 is 0 Å². The number of nitrogens with two attached hydrogens (primary N) is 1. The van der Waals surface area contributed by atoms with Gasteiger partial charge in [0.05, 0.1) is 28.5 Å². The monoisotopic (exact) mass is 305 g/mol. The standard InChI is InChI=1S/C13H12ClN5O2/c1-18-5-9-11(12(15)20)16-6-19(9)8-4-2-3-7(14)10(8)13(18)17-21/h2-4,6,21H,5H2,1H3,(H2,15,20). The van der Waals surface area contributed by atoms with E-state index in [1.54, 1.807) is 28.6 Å². The average Bonchev–Trinajstić information content (AvgIpc) is 2.80. The Morgan fingerprint density at radius 2 is 2.29 bits per heavy atom. The topological polar surface area (TPSA) is 96.7 Å². The van der Waals surface area contributed by atoms with Crippen molar-refractivity contribution in [3.63, 3.8) is 0 Å². The van der Waals surface area contributed by atoms with Crippen molar-refractivity contribution in [3.8, 4) is 5.69 Å². The SMILES string of the molecule is CN1Cc2c(C(N)=O)ncn2-c2cccc(Cl)c2C1=NO. The van der Waals surface area contributed by atoms with Gasteiger partial charge in [-0.05, 0) is 12.1 Å². The minimum absolute atomic E-state index is 0.187. The highest BCUT2D eigenvalue weighted by Gasteiger charge is 2.28. The number of amides is 1. The smallest absolute Gasteiger partial charge is 0.269 e. The van der Waals surface area contributed by atoms with Crippen molar-refractivity contribution in [1.82, 2.24) is 14.5 Å². The van der Waals surface area contributed by atoms with Gasteiger partial charge in [-0.3, -0.25) is 9.36 Å². The second-order valence-electron chi connectivity index (χ2n) is 4.69.